The number of nitrogens with one attached hydrogen (secondary N) is 1. The minimum Gasteiger partial charge on any atom is -0.419 e. The number of morpholine rings is 1. The Morgan fingerprint density at radius 3 is 2.63 bits per heavy atom. The molecule has 0 unspecified atom stereocenters. The van der Waals surface area contributed by atoms with Crippen LogP contribution in [0, 0.1) is 0 Å². The summed E-state index contributed by atoms with van der Waals surface area (Å²) in [5.74, 6) is 0.699. The van der Waals surface area contributed by atoms with Crippen LogP contribution in [0.25, 0.3) is 33.5 Å². The van der Waals surface area contributed by atoms with Crippen LogP contribution in [-0.2, 0) is 26.9 Å². The molecule has 5 rings (SSSR count). The van der Waals surface area contributed by atoms with Gasteiger partial charge >= 0.3 is 0 Å². The molecule has 12 heteroatoms. The number of benzene rings is 1. The van der Waals surface area contributed by atoms with Gasteiger partial charge in [-0.05, 0) is 37.6 Å². The Bertz CT molecular complexity index is 1470. The zero-order chi connectivity index (χ0) is 24.7. The average Bonchev–Trinajstić information content (AvgIpc) is 3.42. The fourth-order valence-corrected chi connectivity index (χ4v) is 5.50. The summed E-state index contributed by atoms with van der Waals surface area (Å²) in [5, 5.41) is 16.7. The van der Waals surface area contributed by atoms with E-state index in [0.29, 0.717) is 35.0 Å². The highest BCUT2D eigenvalue weighted by Crippen LogP contribution is 2.34. The van der Waals surface area contributed by atoms with Gasteiger partial charge in [-0.1, -0.05) is 11.6 Å². The third-order valence-corrected chi connectivity index (χ3v) is 6.95. The number of rotatable bonds is 6. The molecule has 0 bridgehead atoms. The highest BCUT2D eigenvalue weighted by Gasteiger charge is 2.24. The molecule has 1 fully saturated rings. The Kier molecular flexibility index (Phi) is 6.34. The van der Waals surface area contributed by atoms with Gasteiger partial charge in [0, 0.05) is 42.1 Å². The van der Waals surface area contributed by atoms with Gasteiger partial charge in [-0.2, -0.15) is 5.10 Å². The standard InChI is InChI=1S/C23H25ClN6O4S/c1-13-9-30(10-14(2)33-13)11-21-28-29-23(34-21)18-5-15(6-20-19(18)8-26-27-20)16-4-17(12-35(3,31)32)22(24)25-7-16/h4-8,13-14H,9-12H2,1-3H3,(H,26,27)/t13-,14+. The highest BCUT2D eigenvalue weighted by molar-refractivity contribution is 7.89. The van der Waals surface area contributed by atoms with Crippen molar-refractivity contribution in [1.82, 2.24) is 30.3 Å². The van der Waals surface area contributed by atoms with Gasteiger partial charge in [-0.3, -0.25) is 10.00 Å². The number of nitrogens with zero attached hydrogens (tertiary/aromatic N) is 5. The van der Waals surface area contributed by atoms with Gasteiger partial charge in [-0.15, -0.1) is 10.2 Å². The first-order valence-electron chi connectivity index (χ1n) is 11.1. The molecule has 1 saturated heterocycles. The number of ether oxygens (including phenoxy) is 1. The molecule has 3 aromatic heterocycles. The van der Waals surface area contributed by atoms with E-state index in [4.69, 9.17) is 20.8 Å². The lowest BCUT2D eigenvalue weighted by atomic mass is 10.0. The van der Waals surface area contributed by atoms with Crippen molar-refractivity contribution in [3.63, 3.8) is 0 Å². The van der Waals surface area contributed by atoms with Gasteiger partial charge in [0.05, 0.1) is 41.8 Å². The molecule has 1 aromatic carbocycles. The molecule has 1 aliphatic heterocycles. The first-order chi connectivity index (χ1) is 16.6. The van der Waals surface area contributed by atoms with E-state index in [1.165, 1.54) is 0 Å². The fourth-order valence-electron chi connectivity index (χ4n) is 4.46. The number of sulfone groups is 1. The van der Waals surface area contributed by atoms with Crippen molar-refractivity contribution in [3.8, 4) is 22.6 Å². The van der Waals surface area contributed by atoms with E-state index in [0.717, 1.165) is 35.8 Å². The van der Waals surface area contributed by atoms with Gasteiger partial charge in [0.25, 0.3) is 0 Å². The van der Waals surface area contributed by atoms with Gasteiger partial charge in [0.15, 0.2) is 9.84 Å². The molecule has 1 aliphatic rings. The number of fused-ring (bicyclic) bond motifs is 1. The van der Waals surface area contributed by atoms with Crippen LogP contribution in [-0.4, -0.2) is 70.2 Å². The molecular weight excluding hydrogens is 492 g/mol. The minimum atomic E-state index is -3.28. The zero-order valence-electron chi connectivity index (χ0n) is 19.5. The first-order valence-corrected chi connectivity index (χ1v) is 13.6. The smallest absolute Gasteiger partial charge is 0.248 e. The predicted molar refractivity (Wildman–Crippen MR) is 131 cm³/mol. The Morgan fingerprint density at radius 2 is 1.89 bits per heavy atom. The number of aromatic nitrogens is 5. The number of H-pyrrole nitrogens is 1. The number of halogens is 1. The van der Waals surface area contributed by atoms with Crippen molar-refractivity contribution >= 4 is 32.3 Å². The van der Waals surface area contributed by atoms with Gasteiger partial charge in [-0.25, -0.2) is 13.4 Å². The molecule has 0 amide bonds. The summed E-state index contributed by atoms with van der Waals surface area (Å²) in [5.41, 5.74) is 3.42. The lowest BCUT2D eigenvalue weighted by Crippen LogP contribution is -2.44. The molecule has 10 nitrogen and oxygen atoms in total. The molecule has 184 valence electrons. The third kappa shape index (κ3) is 5.37. The maximum atomic E-state index is 11.8. The Hall–Kier alpha value is -2.86. The van der Waals surface area contributed by atoms with E-state index in [-0.39, 0.29) is 23.1 Å². The summed E-state index contributed by atoms with van der Waals surface area (Å²) in [6.45, 7) is 6.23. The second-order valence-electron chi connectivity index (χ2n) is 9.05. The van der Waals surface area contributed by atoms with Crippen molar-refractivity contribution in [2.75, 3.05) is 19.3 Å². The third-order valence-electron chi connectivity index (χ3n) is 5.77. The topological polar surface area (TPSA) is 127 Å². The second-order valence-corrected chi connectivity index (χ2v) is 11.5. The molecule has 0 aliphatic carbocycles. The summed E-state index contributed by atoms with van der Waals surface area (Å²) in [4.78, 5) is 6.44. The van der Waals surface area contributed by atoms with Crippen molar-refractivity contribution < 1.29 is 17.6 Å². The molecule has 0 spiro atoms. The van der Waals surface area contributed by atoms with E-state index in [1.54, 1.807) is 18.5 Å². The van der Waals surface area contributed by atoms with Crippen LogP contribution < -0.4 is 0 Å². The van der Waals surface area contributed by atoms with Crippen molar-refractivity contribution in [1.29, 1.82) is 0 Å². The first kappa shape index (κ1) is 23.9. The number of hydrogen-bond acceptors (Lipinski definition) is 9. The SMILES string of the molecule is C[C@@H]1CN(Cc2nnc(-c3cc(-c4cnc(Cl)c(CS(C)(=O)=O)c4)cc4[nH]ncc34)o2)C[C@H](C)O1. The molecule has 0 saturated carbocycles. The molecule has 4 heterocycles. The Morgan fingerprint density at radius 1 is 1.11 bits per heavy atom. The highest BCUT2D eigenvalue weighted by atomic mass is 35.5. The van der Waals surface area contributed by atoms with Gasteiger partial charge < -0.3 is 9.15 Å². The van der Waals surface area contributed by atoms with E-state index in [1.807, 2.05) is 12.1 Å². The summed E-state index contributed by atoms with van der Waals surface area (Å²) < 4.78 is 35.5. The van der Waals surface area contributed by atoms with Crippen molar-refractivity contribution in [3.05, 3.63) is 47.2 Å². The van der Waals surface area contributed by atoms with E-state index < -0.39 is 9.84 Å². The second kappa shape index (κ2) is 9.30. The molecule has 1 N–H and O–H groups in total. The van der Waals surface area contributed by atoms with E-state index in [9.17, 15) is 8.42 Å². The maximum Gasteiger partial charge on any atom is 0.248 e. The minimum absolute atomic E-state index is 0.143. The van der Waals surface area contributed by atoms with Gasteiger partial charge in [0.2, 0.25) is 11.8 Å². The number of aromatic amines is 1. The van der Waals surface area contributed by atoms with Crippen LogP contribution in [0.1, 0.15) is 25.3 Å². The van der Waals surface area contributed by atoms with E-state index >= 15 is 0 Å². The lowest BCUT2D eigenvalue weighted by Gasteiger charge is -2.34. The molecule has 0 radical (unpaired) electrons. The summed E-state index contributed by atoms with van der Waals surface area (Å²) in [6, 6.07) is 5.55. The largest absolute Gasteiger partial charge is 0.419 e. The zero-order valence-corrected chi connectivity index (χ0v) is 21.1. The lowest BCUT2D eigenvalue weighted by molar-refractivity contribution is -0.0721. The van der Waals surface area contributed by atoms with Crippen LogP contribution in [0.2, 0.25) is 5.15 Å². The quantitative estimate of drug-likeness (QED) is 0.383. The predicted octanol–water partition coefficient (Wildman–Crippen LogP) is 3.48. The molecule has 2 atom stereocenters. The fraction of sp³-hybridized carbons (Fsp3) is 0.391. The van der Waals surface area contributed by atoms with Crippen LogP contribution in [0.4, 0.5) is 0 Å². The summed E-state index contributed by atoms with van der Waals surface area (Å²) >= 11 is 6.16. The monoisotopic (exact) mass is 516 g/mol. The molecular formula is C23H25ClN6O4S. The Labute approximate surface area is 207 Å². The van der Waals surface area contributed by atoms with Gasteiger partial charge in [0.1, 0.15) is 5.15 Å². The summed E-state index contributed by atoms with van der Waals surface area (Å²) in [6.07, 6.45) is 4.76. The van der Waals surface area contributed by atoms with Crippen LogP contribution in [0.3, 0.4) is 0 Å². The number of hydrogen-bond donors (Lipinski definition) is 1. The normalized spacial score (nSPS) is 19.4. The maximum absolute atomic E-state index is 11.8. The number of pyridine rings is 1. The van der Waals surface area contributed by atoms with Crippen LogP contribution in [0.5, 0.6) is 0 Å². The molecule has 35 heavy (non-hydrogen) atoms. The average molecular weight is 517 g/mol. The van der Waals surface area contributed by atoms with Crippen LogP contribution in [0.15, 0.2) is 35.0 Å². The summed E-state index contributed by atoms with van der Waals surface area (Å²) in [7, 11) is -3.28. The molecule has 4 aromatic rings. The van der Waals surface area contributed by atoms with Crippen molar-refractivity contribution in [2.45, 2.75) is 38.4 Å². The van der Waals surface area contributed by atoms with Crippen molar-refractivity contribution in [2.24, 2.45) is 0 Å². The van der Waals surface area contributed by atoms with E-state index in [2.05, 4.69) is 44.1 Å². The Balaban J connectivity index is 1.49. The van der Waals surface area contributed by atoms with Crippen LogP contribution >= 0.6 is 11.6 Å².